The van der Waals surface area contributed by atoms with Crippen LogP contribution in [0.25, 0.3) is 11.1 Å². The second-order valence-corrected chi connectivity index (χ2v) is 7.43. The highest BCUT2D eigenvalue weighted by atomic mass is 19.4. The van der Waals surface area contributed by atoms with Crippen molar-refractivity contribution in [1.82, 2.24) is 15.0 Å². The van der Waals surface area contributed by atoms with Crippen molar-refractivity contribution in [2.75, 3.05) is 4.90 Å². The van der Waals surface area contributed by atoms with Gasteiger partial charge in [0.05, 0.1) is 16.5 Å². The lowest BCUT2D eigenvalue weighted by Gasteiger charge is -2.20. The molecule has 0 fully saturated rings. The third-order valence-corrected chi connectivity index (χ3v) is 5.12. The summed E-state index contributed by atoms with van der Waals surface area (Å²) in [5, 5.41) is 9.34. The second-order valence-electron chi connectivity index (χ2n) is 7.43. The molecule has 4 rings (SSSR count). The molecular formula is C21H15F3N4O3. The number of amides is 1. The summed E-state index contributed by atoms with van der Waals surface area (Å²) >= 11 is 0. The molecule has 1 amide bonds. The fourth-order valence-electron chi connectivity index (χ4n) is 3.69. The summed E-state index contributed by atoms with van der Waals surface area (Å²) in [5.74, 6) is -1.70. The predicted molar refractivity (Wildman–Crippen MR) is 104 cm³/mol. The smallest absolute Gasteiger partial charge is 0.417 e. The number of alkyl halides is 3. The molecule has 0 spiro atoms. The molecule has 31 heavy (non-hydrogen) atoms. The van der Waals surface area contributed by atoms with Crippen molar-refractivity contribution in [3.8, 4) is 11.1 Å². The van der Waals surface area contributed by atoms with Crippen LogP contribution in [0.4, 0.5) is 24.9 Å². The maximum atomic E-state index is 13.2. The minimum atomic E-state index is -4.82. The first-order valence-corrected chi connectivity index (χ1v) is 9.09. The molecule has 0 atom stereocenters. The van der Waals surface area contributed by atoms with Gasteiger partial charge in [-0.1, -0.05) is 6.07 Å². The van der Waals surface area contributed by atoms with Crippen LogP contribution in [0.1, 0.15) is 35.3 Å². The van der Waals surface area contributed by atoms with Crippen LogP contribution in [0.5, 0.6) is 0 Å². The highest BCUT2D eigenvalue weighted by Gasteiger charge is 2.48. The molecule has 0 bridgehead atoms. The van der Waals surface area contributed by atoms with Crippen LogP contribution in [0.15, 0.2) is 48.9 Å². The molecular weight excluding hydrogens is 413 g/mol. The van der Waals surface area contributed by atoms with Gasteiger partial charge >= 0.3 is 12.1 Å². The van der Waals surface area contributed by atoms with Crippen LogP contribution in [-0.4, -0.2) is 31.9 Å². The molecule has 10 heteroatoms. The molecule has 1 aromatic carbocycles. The number of aromatic nitrogens is 3. The number of anilines is 2. The van der Waals surface area contributed by atoms with Crippen molar-refractivity contribution < 1.29 is 27.9 Å². The number of benzene rings is 1. The number of carbonyl (C=O) groups is 2. The summed E-state index contributed by atoms with van der Waals surface area (Å²) in [7, 11) is 0. The quantitative estimate of drug-likeness (QED) is 0.671. The van der Waals surface area contributed by atoms with Crippen LogP contribution in [0.2, 0.25) is 0 Å². The van der Waals surface area contributed by atoms with Gasteiger partial charge in [-0.15, -0.1) is 0 Å². The fourth-order valence-corrected chi connectivity index (χ4v) is 3.69. The van der Waals surface area contributed by atoms with Crippen molar-refractivity contribution in [2.24, 2.45) is 0 Å². The third kappa shape index (κ3) is 3.20. The molecule has 2 aromatic heterocycles. The van der Waals surface area contributed by atoms with Gasteiger partial charge in [-0.2, -0.15) is 13.2 Å². The van der Waals surface area contributed by atoms with Crippen molar-refractivity contribution >= 4 is 23.6 Å². The van der Waals surface area contributed by atoms with Crippen molar-refractivity contribution in [3.05, 3.63) is 65.6 Å². The Kier molecular flexibility index (Phi) is 4.53. The van der Waals surface area contributed by atoms with Gasteiger partial charge in [-0.25, -0.2) is 24.6 Å². The van der Waals surface area contributed by atoms with Gasteiger partial charge in [0.25, 0.3) is 0 Å². The Morgan fingerprint density at radius 1 is 1.06 bits per heavy atom. The van der Waals surface area contributed by atoms with E-state index in [0.29, 0.717) is 11.1 Å². The fraction of sp³-hybridized carbons (Fsp3) is 0.190. The van der Waals surface area contributed by atoms with E-state index < -0.39 is 28.7 Å². The third-order valence-electron chi connectivity index (χ3n) is 5.12. The lowest BCUT2D eigenvalue weighted by atomic mass is 9.82. The Hall–Kier alpha value is -3.82. The highest BCUT2D eigenvalue weighted by molar-refractivity contribution is 6.12. The Bertz CT molecular complexity index is 1210. The van der Waals surface area contributed by atoms with Crippen LogP contribution in [0.3, 0.4) is 0 Å². The highest BCUT2D eigenvalue weighted by Crippen LogP contribution is 2.48. The maximum absolute atomic E-state index is 13.2. The zero-order valence-corrected chi connectivity index (χ0v) is 16.3. The van der Waals surface area contributed by atoms with E-state index in [9.17, 15) is 27.9 Å². The van der Waals surface area contributed by atoms with Gasteiger partial charge < -0.3 is 5.11 Å². The monoisotopic (exact) mass is 428 g/mol. The lowest BCUT2D eigenvalue weighted by molar-refractivity contribution is -0.138. The number of aromatic carboxylic acids is 1. The molecule has 0 saturated carbocycles. The van der Waals surface area contributed by atoms with E-state index in [1.165, 1.54) is 35.6 Å². The van der Waals surface area contributed by atoms with E-state index in [-0.39, 0.29) is 23.2 Å². The zero-order valence-electron chi connectivity index (χ0n) is 16.3. The lowest BCUT2D eigenvalue weighted by Crippen LogP contribution is -2.34. The van der Waals surface area contributed by atoms with E-state index >= 15 is 0 Å². The largest absolute Gasteiger partial charge is 0.478 e. The average Bonchev–Trinajstić information content (AvgIpc) is 2.93. The Morgan fingerprint density at radius 2 is 1.74 bits per heavy atom. The Labute approximate surface area is 174 Å². The van der Waals surface area contributed by atoms with E-state index in [4.69, 9.17) is 0 Å². The summed E-state index contributed by atoms with van der Waals surface area (Å²) in [6.07, 6.45) is -0.473. The minimum absolute atomic E-state index is 0.114. The number of hydrogen-bond donors (Lipinski definition) is 1. The first-order valence-electron chi connectivity index (χ1n) is 9.09. The topological polar surface area (TPSA) is 96.3 Å². The average molecular weight is 428 g/mol. The SMILES string of the molecule is CC1(C)C(=O)N(c2ncccn2)c2nccc(-c3ccc(C(F)(F)F)c(C(=O)O)c3)c21. The van der Waals surface area contributed by atoms with Crippen LogP contribution in [0, 0.1) is 0 Å². The van der Waals surface area contributed by atoms with E-state index in [2.05, 4.69) is 15.0 Å². The van der Waals surface area contributed by atoms with Crippen LogP contribution >= 0.6 is 0 Å². The van der Waals surface area contributed by atoms with E-state index in [1.807, 2.05) is 0 Å². The molecule has 0 aliphatic carbocycles. The van der Waals surface area contributed by atoms with Crippen LogP contribution < -0.4 is 4.90 Å². The second kappa shape index (κ2) is 6.86. The molecule has 1 N–H and O–H groups in total. The number of carbonyl (C=O) groups excluding carboxylic acids is 1. The summed E-state index contributed by atoms with van der Waals surface area (Å²) < 4.78 is 39.7. The van der Waals surface area contributed by atoms with E-state index in [0.717, 1.165) is 12.1 Å². The molecule has 0 unspecified atom stereocenters. The molecule has 0 radical (unpaired) electrons. The Morgan fingerprint density at radius 3 is 2.35 bits per heavy atom. The van der Waals surface area contributed by atoms with Gasteiger partial charge in [-0.3, -0.25) is 4.79 Å². The molecule has 1 aliphatic rings. The van der Waals surface area contributed by atoms with Gasteiger partial charge in [0, 0.05) is 24.2 Å². The number of hydrogen-bond acceptors (Lipinski definition) is 5. The standard InChI is InChI=1S/C21H15F3N4O3/c1-20(2)15-12(11-4-5-14(21(22,23)24)13(10-11)17(29)30)6-9-25-16(15)28(18(20)31)19-26-7-3-8-27-19/h3-10H,1-2H3,(H,29,30). The van der Waals surface area contributed by atoms with Gasteiger partial charge in [0.1, 0.15) is 5.82 Å². The summed E-state index contributed by atoms with van der Waals surface area (Å²) in [6.45, 7) is 3.31. The van der Waals surface area contributed by atoms with Crippen molar-refractivity contribution in [3.63, 3.8) is 0 Å². The number of pyridine rings is 1. The molecule has 158 valence electrons. The van der Waals surface area contributed by atoms with Crippen molar-refractivity contribution in [2.45, 2.75) is 25.4 Å². The molecule has 1 aliphatic heterocycles. The predicted octanol–water partition coefficient (Wildman–Crippen LogP) is 4.21. The summed E-state index contributed by atoms with van der Waals surface area (Å²) in [6, 6.07) is 6.01. The summed E-state index contributed by atoms with van der Waals surface area (Å²) in [5.41, 5.74) is -2.16. The van der Waals surface area contributed by atoms with Crippen molar-refractivity contribution in [1.29, 1.82) is 0 Å². The number of halogens is 3. The Balaban J connectivity index is 1.95. The molecule has 7 nitrogen and oxygen atoms in total. The number of fused-ring (bicyclic) bond motifs is 1. The summed E-state index contributed by atoms with van der Waals surface area (Å²) in [4.78, 5) is 38.5. The van der Waals surface area contributed by atoms with Gasteiger partial charge in [-0.05, 0) is 49.2 Å². The minimum Gasteiger partial charge on any atom is -0.478 e. The zero-order chi connectivity index (χ0) is 22.6. The number of nitrogens with zero attached hydrogens (tertiary/aromatic N) is 4. The number of rotatable bonds is 3. The normalized spacial score (nSPS) is 15.1. The maximum Gasteiger partial charge on any atom is 0.417 e. The van der Waals surface area contributed by atoms with Gasteiger partial charge in [0.2, 0.25) is 11.9 Å². The first-order chi connectivity index (χ1) is 14.5. The molecule has 3 aromatic rings. The van der Waals surface area contributed by atoms with E-state index in [1.54, 1.807) is 19.9 Å². The number of carboxylic acids is 1. The molecule has 3 heterocycles. The van der Waals surface area contributed by atoms with Gasteiger partial charge in [0.15, 0.2) is 0 Å². The molecule has 0 saturated heterocycles. The number of carboxylic acid groups (broad SMARTS) is 1. The first kappa shape index (κ1) is 20.5. The van der Waals surface area contributed by atoms with Crippen LogP contribution in [-0.2, 0) is 16.4 Å².